The molecule has 0 spiro atoms. The van der Waals surface area contributed by atoms with Crippen molar-refractivity contribution in [1.82, 2.24) is 0 Å². The number of rotatable bonds is 28. The molecule has 200 valence electrons. The van der Waals surface area contributed by atoms with Crippen molar-refractivity contribution in [3.63, 3.8) is 0 Å². The smallest absolute Gasteiger partial charge is 0.748 e. The fourth-order valence-corrected chi connectivity index (χ4v) is 5.33. The zero-order chi connectivity index (χ0) is 24.3. The predicted octanol–water partition coefficient (Wildman–Crippen LogP) is 7.09. The SMILES string of the molecule is CCCCCCCCCCCCCCCCCCCCCCCCCCCCCS(=O)(=O)[O-].[Na+]. The van der Waals surface area contributed by atoms with Crippen LogP contribution in [-0.2, 0) is 10.1 Å². The first-order valence-corrected chi connectivity index (χ1v) is 16.6. The van der Waals surface area contributed by atoms with Crippen molar-refractivity contribution in [3.8, 4) is 0 Å². The third kappa shape index (κ3) is 35.1. The summed E-state index contributed by atoms with van der Waals surface area (Å²) in [5, 5.41) is 0. The first-order valence-electron chi connectivity index (χ1n) is 15.0. The van der Waals surface area contributed by atoms with Crippen LogP contribution in [0.15, 0.2) is 0 Å². The van der Waals surface area contributed by atoms with Gasteiger partial charge in [-0.15, -0.1) is 0 Å². The summed E-state index contributed by atoms with van der Waals surface area (Å²) < 4.78 is 31.6. The molecule has 0 heterocycles. The Labute approximate surface area is 237 Å². The van der Waals surface area contributed by atoms with Gasteiger partial charge in [0.15, 0.2) is 0 Å². The van der Waals surface area contributed by atoms with E-state index in [2.05, 4.69) is 6.92 Å². The monoisotopic (exact) mass is 510 g/mol. The van der Waals surface area contributed by atoms with Gasteiger partial charge >= 0.3 is 29.6 Å². The number of hydrogen-bond donors (Lipinski definition) is 0. The second-order valence-electron chi connectivity index (χ2n) is 10.5. The van der Waals surface area contributed by atoms with E-state index in [0.29, 0.717) is 6.42 Å². The van der Waals surface area contributed by atoms with E-state index < -0.39 is 10.1 Å². The third-order valence-electron chi connectivity index (χ3n) is 7.00. The molecule has 0 aromatic heterocycles. The Morgan fingerprint density at radius 3 is 0.735 bits per heavy atom. The quantitative estimate of drug-likeness (QED) is 0.0641. The van der Waals surface area contributed by atoms with E-state index in [9.17, 15) is 13.0 Å². The van der Waals surface area contributed by atoms with Crippen LogP contribution in [0.25, 0.3) is 0 Å². The van der Waals surface area contributed by atoms with Gasteiger partial charge in [0.1, 0.15) is 0 Å². The van der Waals surface area contributed by atoms with E-state index in [1.807, 2.05) is 0 Å². The van der Waals surface area contributed by atoms with Gasteiger partial charge in [-0.1, -0.05) is 174 Å². The normalized spacial score (nSPS) is 11.6. The predicted molar refractivity (Wildman–Crippen MR) is 145 cm³/mol. The van der Waals surface area contributed by atoms with E-state index in [0.717, 1.165) is 12.8 Å². The molecule has 0 saturated carbocycles. The minimum absolute atomic E-state index is 0. The zero-order valence-electron chi connectivity index (χ0n) is 23.4. The van der Waals surface area contributed by atoms with Gasteiger partial charge in [0, 0.05) is 5.75 Å². The van der Waals surface area contributed by atoms with Gasteiger partial charge in [-0.25, -0.2) is 8.42 Å². The molecule has 5 heteroatoms. The fourth-order valence-electron chi connectivity index (χ4n) is 4.77. The molecular formula is C29H59NaO3S. The third-order valence-corrected chi connectivity index (χ3v) is 7.79. The molecule has 0 fully saturated rings. The fraction of sp³-hybridized carbons (Fsp3) is 1.00. The molecule has 0 bridgehead atoms. The van der Waals surface area contributed by atoms with Gasteiger partial charge in [-0.2, -0.15) is 0 Å². The van der Waals surface area contributed by atoms with E-state index in [4.69, 9.17) is 0 Å². The summed E-state index contributed by atoms with van der Waals surface area (Å²) in [4.78, 5) is 0. The van der Waals surface area contributed by atoms with Crippen LogP contribution >= 0.6 is 0 Å². The van der Waals surface area contributed by atoms with Gasteiger partial charge in [0.2, 0.25) is 0 Å². The van der Waals surface area contributed by atoms with Crippen molar-refractivity contribution < 1.29 is 42.5 Å². The van der Waals surface area contributed by atoms with Crippen molar-refractivity contribution in [2.24, 2.45) is 0 Å². The van der Waals surface area contributed by atoms with E-state index in [-0.39, 0.29) is 35.3 Å². The second kappa shape index (κ2) is 30.1. The van der Waals surface area contributed by atoms with E-state index in [1.165, 1.54) is 154 Å². The Bertz CT molecular complexity index is 468. The average Bonchev–Trinajstić information content (AvgIpc) is 2.78. The van der Waals surface area contributed by atoms with Gasteiger partial charge in [-0.05, 0) is 6.42 Å². The molecule has 0 atom stereocenters. The van der Waals surface area contributed by atoms with Crippen LogP contribution in [0.2, 0.25) is 0 Å². The van der Waals surface area contributed by atoms with Crippen molar-refractivity contribution in [2.45, 2.75) is 180 Å². The van der Waals surface area contributed by atoms with Gasteiger partial charge < -0.3 is 4.55 Å². The standard InChI is InChI=1S/C29H60O3S.Na/c1-2-3-4-5-6-7-8-9-10-11-12-13-14-15-16-17-18-19-20-21-22-23-24-25-26-27-28-29-33(30,31)32;/h2-29H2,1H3,(H,30,31,32);/q;+1/p-1. The van der Waals surface area contributed by atoms with Crippen molar-refractivity contribution in [1.29, 1.82) is 0 Å². The molecule has 0 amide bonds. The molecule has 3 nitrogen and oxygen atoms in total. The second-order valence-corrected chi connectivity index (χ2v) is 12.0. The Kier molecular flexibility index (Phi) is 32.9. The van der Waals surface area contributed by atoms with Crippen LogP contribution in [0.4, 0.5) is 0 Å². The molecule has 0 rings (SSSR count). The number of hydrogen-bond acceptors (Lipinski definition) is 3. The molecule has 0 aromatic rings. The molecule has 0 radical (unpaired) electrons. The first kappa shape index (κ1) is 37.1. The average molecular weight is 511 g/mol. The molecule has 0 aromatic carbocycles. The Hall–Kier alpha value is 0.910. The summed E-state index contributed by atoms with van der Waals surface area (Å²) in [5.74, 6) is -0.188. The molecule has 0 N–H and O–H groups in total. The van der Waals surface area contributed by atoms with E-state index in [1.54, 1.807) is 0 Å². The first-order chi connectivity index (χ1) is 16.1. The van der Waals surface area contributed by atoms with Crippen LogP contribution in [0.5, 0.6) is 0 Å². The molecule has 34 heavy (non-hydrogen) atoms. The summed E-state index contributed by atoms with van der Waals surface area (Å²) in [7, 11) is -4.00. The molecule has 0 unspecified atom stereocenters. The number of unbranched alkanes of at least 4 members (excludes halogenated alkanes) is 26. The summed E-state index contributed by atoms with van der Waals surface area (Å²) in [6.07, 6.45) is 36.3. The Morgan fingerprint density at radius 1 is 0.382 bits per heavy atom. The summed E-state index contributed by atoms with van der Waals surface area (Å²) >= 11 is 0. The molecule has 0 aliphatic rings. The van der Waals surface area contributed by atoms with Crippen molar-refractivity contribution in [3.05, 3.63) is 0 Å². The van der Waals surface area contributed by atoms with Crippen LogP contribution in [0.1, 0.15) is 180 Å². The van der Waals surface area contributed by atoms with Crippen molar-refractivity contribution in [2.75, 3.05) is 5.75 Å². The van der Waals surface area contributed by atoms with Crippen LogP contribution < -0.4 is 29.6 Å². The topological polar surface area (TPSA) is 57.2 Å². The van der Waals surface area contributed by atoms with Gasteiger partial charge in [-0.3, -0.25) is 0 Å². The zero-order valence-corrected chi connectivity index (χ0v) is 26.2. The molecule has 0 aliphatic carbocycles. The van der Waals surface area contributed by atoms with Gasteiger partial charge in [0.25, 0.3) is 0 Å². The largest absolute Gasteiger partial charge is 1.00 e. The summed E-state index contributed by atoms with van der Waals surface area (Å²) in [6.45, 7) is 2.29. The maximum absolute atomic E-state index is 10.5. The summed E-state index contributed by atoms with van der Waals surface area (Å²) in [5.41, 5.74) is 0. The Balaban J connectivity index is 0. The summed E-state index contributed by atoms with van der Waals surface area (Å²) in [6, 6.07) is 0. The Morgan fingerprint density at radius 2 is 0.559 bits per heavy atom. The minimum Gasteiger partial charge on any atom is -0.748 e. The van der Waals surface area contributed by atoms with Crippen LogP contribution in [0, 0.1) is 0 Å². The molecular weight excluding hydrogens is 451 g/mol. The molecule has 0 aliphatic heterocycles. The van der Waals surface area contributed by atoms with E-state index >= 15 is 0 Å². The maximum atomic E-state index is 10.5. The van der Waals surface area contributed by atoms with Gasteiger partial charge in [0.05, 0.1) is 10.1 Å². The maximum Gasteiger partial charge on any atom is 1.00 e. The van der Waals surface area contributed by atoms with Crippen molar-refractivity contribution >= 4 is 10.1 Å². The minimum atomic E-state index is -4.00. The van der Waals surface area contributed by atoms with Crippen LogP contribution in [-0.4, -0.2) is 18.7 Å². The molecule has 0 saturated heterocycles. The van der Waals surface area contributed by atoms with Crippen LogP contribution in [0.3, 0.4) is 0 Å².